The first-order valence-electron chi connectivity index (χ1n) is 9.37. The van der Waals surface area contributed by atoms with Crippen molar-refractivity contribution in [3.05, 3.63) is 75.5 Å². The van der Waals surface area contributed by atoms with Crippen LogP contribution in [0.15, 0.2) is 47.8 Å². The number of aromatic nitrogens is 1. The summed E-state index contributed by atoms with van der Waals surface area (Å²) >= 11 is 1.42. The van der Waals surface area contributed by atoms with Crippen molar-refractivity contribution in [3.8, 4) is 5.75 Å². The molecule has 3 aromatic rings. The second-order valence-electron chi connectivity index (χ2n) is 6.78. The zero-order chi connectivity index (χ0) is 21.1. The summed E-state index contributed by atoms with van der Waals surface area (Å²) in [7, 11) is 1.35. The molecule has 154 valence electrons. The van der Waals surface area contributed by atoms with Gasteiger partial charge in [0.15, 0.2) is 0 Å². The van der Waals surface area contributed by atoms with Gasteiger partial charge in [0.1, 0.15) is 23.2 Å². The highest BCUT2D eigenvalue weighted by atomic mass is 32.1. The highest BCUT2D eigenvalue weighted by molar-refractivity contribution is 7.09. The molecule has 0 bridgehead atoms. The molecule has 30 heavy (non-hydrogen) atoms. The molecule has 0 saturated carbocycles. The van der Waals surface area contributed by atoms with Crippen LogP contribution in [0.2, 0.25) is 0 Å². The van der Waals surface area contributed by atoms with Crippen LogP contribution in [0.4, 0.5) is 10.1 Å². The van der Waals surface area contributed by atoms with Gasteiger partial charge in [0, 0.05) is 17.6 Å². The van der Waals surface area contributed by atoms with Gasteiger partial charge < -0.3 is 14.4 Å². The summed E-state index contributed by atoms with van der Waals surface area (Å²) in [6.07, 6.45) is 0.880. The Bertz CT molecular complexity index is 1080. The third-order valence-electron chi connectivity index (χ3n) is 4.80. The van der Waals surface area contributed by atoms with Crippen LogP contribution in [0.25, 0.3) is 0 Å². The van der Waals surface area contributed by atoms with Crippen LogP contribution in [0.3, 0.4) is 0 Å². The Kier molecular flexibility index (Phi) is 5.76. The molecular formula is C22H19FN2O4S. The molecule has 0 unspecified atom stereocenters. The predicted molar refractivity (Wildman–Crippen MR) is 110 cm³/mol. The minimum atomic E-state index is -0.388. The van der Waals surface area contributed by atoms with Crippen LogP contribution in [-0.2, 0) is 29.0 Å². The number of carbonyl (C=O) groups is 2. The molecule has 8 heteroatoms. The number of thiazole rings is 1. The SMILES string of the molecule is COC(=O)c1ccc2c(c1)CCN2C(=O)Cc1csc(COc2ccc(F)cc2)n1. The average molecular weight is 426 g/mol. The third kappa shape index (κ3) is 4.33. The van der Waals surface area contributed by atoms with Gasteiger partial charge in [0.05, 0.1) is 24.8 Å². The Balaban J connectivity index is 1.37. The number of nitrogens with zero attached hydrogens (tertiary/aromatic N) is 2. The number of anilines is 1. The van der Waals surface area contributed by atoms with Gasteiger partial charge in [0.25, 0.3) is 0 Å². The van der Waals surface area contributed by atoms with Crippen LogP contribution >= 0.6 is 11.3 Å². The molecule has 2 heterocycles. The average Bonchev–Trinajstić information content (AvgIpc) is 3.39. The Labute approximate surface area is 176 Å². The maximum atomic E-state index is 12.9. The Morgan fingerprint density at radius 2 is 2.00 bits per heavy atom. The summed E-state index contributed by atoms with van der Waals surface area (Å²) in [5, 5.41) is 2.59. The topological polar surface area (TPSA) is 68.7 Å². The van der Waals surface area contributed by atoms with Crippen LogP contribution in [0.1, 0.15) is 26.6 Å². The molecule has 1 aliphatic rings. The lowest BCUT2D eigenvalue weighted by molar-refractivity contribution is -0.117. The van der Waals surface area contributed by atoms with E-state index in [9.17, 15) is 14.0 Å². The minimum absolute atomic E-state index is 0.0455. The molecule has 0 saturated heterocycles. The molecule has 1 aromatic heterocycles. The quantitative estimate of drug-likeness (QED) is 0.561. The minimum Gasteiger partial charge on any atom is -0.486 e. The van der Waals surface area contributed by atoms with Crippen LogP contribution in [0.5, 0.6) is 5.75 Å². The Hall–Kier alpha value is -3.26. The van der Waals surface area contributed by atoms with Gasteiger partial charge in [-0.1, -0.05) is 0 Å². The molecule has 0 aliphatic carbocycles. The number of hydrogen-bond acceptors (Lipinski definition) is 6. The number of fused-ring (bicyclic) bond motifs is 1. The van der Waals surface area contributed by atoms with Crippen LogP contribution in [0, 0.1) is 5.82 Å². The molecule has 4 rings (SSSR count). The highest BCUT2D eigenvalue weighted by Crippen LogP contribution is 2.30. The standard InChI is InChI=1S/C22H19FN2O4S/c1-28-22(27)15-2-7-19-14(10-15)8-9-25(19)21(26)11-17-13-30-20(24-17)12-29-18-5-3-16(23)4-6-18/h2-7,10,13H,8-9,11-12H2,1H3. The summed E-state index contributed by atoms with van der Waals surface area (Å²) in [5.41, 5.74) is 2.94. The van der Waals surface area contributed by atoms with Gasteiger partial charge in [-0.15, -0.1) is 11.3 Å². The first kappa shape index (κ1) is 20.0. The van der Waals surface area contributed by atoms with Gasteiger partial charge in [-0.05, 0) is 54.4 Å². The maximum absolute atomic E-state index is 12.9. The van der Waals surface area contributed by atoms with Gasteiger partial charge in [-0.25, -0.2) is 14.2 Å². The number of esters is 1. The van der Waals surface area contributed by atoms with Gasteiger partial charge in [-0.3, -0.25) is 4.79 Å². The van der Waals surface area contributed by atoms with Gasteiger partial charge in [0.2, 0.25) is 5.91 Å². The molecule has 1 amide bonds. The van der Waals surface area contributed by atoms with E-state index in [1.54, 1.807) is 35.2 Å². The van der Waals surface area contributed by atoms with E-state index in [-0.39, 0.29) is 30.7 Å². The number of halogens is 1. The van der Waals surface area contributed by atoms with E-state index < -0.39 is 0 Å². The number of benzene rings is 2. The molecule has 0 atom stereocenters. The summed E-state index contributed by atoms with van der Waals surface area (Å²) in [6, 6.07) is 11.0. The molecule has 0 fully saturated rings. The fraction of sp³-hybridized carbons (Fsp3) is 0.227. The van der Waals surface area contributed by atoms with Crippen molar-refractivity contribution in [1.29, 1.82) is 0 Å². The smallest absolute Gasteiger partial charge is 0.337 e. The fourth-order valence-electron chi connectivity index (χ4n) is 3.33. The van der Waals surface area contributed by atoms with Crippen LogP contribution < -0.4 is 9.64 Å². The second-order valence-corrected chi connectivity index (χ2v) is 7.73. The summed E-state index contributed by atoms with van der Waals surface area (Å²) in [4.78, 5) is 30.7. The summed E-state index contributed by atoms with van der Waals surface area (Å²) in [6.45, 7) is 0.830. The highest BCUT2D eigenvalue weighted by Gasteiger charge is 2.26. The molecule has 0 radical (unpaired) electrons. The Morgan fingerprint density at radius 1 is 1.20 bits per heavy atom. The van der Waals surface area contributed by atoms with Crippen molar-refractivity contribution in [3.63, 3.8) is 0 Å². The summed E-state index contributed by atoms with van der Waals surface area (Å²) in [5.74, 6) is -0.192. The number of rotatable bonds is 6. The zero-order valence-electron chi connectivity index (χ0n) is 16.3. The van der Waals surface area contributed by atoms with Crippen molar-refractivity contribution >= 4 is 28.9 Å². The zero-order valence-corrected chi connectivity index (χ0v) is 17.1. The first-order valence-corrected chi connectivity index (χ1v) is 10.2. The van der Waals surface area contributed by atoms with Crippen molar-refractivity contribution in [1.82, 2.24) is 4.98 Å². The van der Waals surface area contributed by atoms with Crippen molar-refractivity contribution in [2.24, 2.45) is 0 Å². The molecule has 0 N–H and O–H groups in total. The molecule has 0 spiro atoms. The number of amides is 1. The lowest BCUT2D eigenvalue weighted by Gasteiger charge is -2.17. The second kappa shape index (κ2) is 8.62. The fourth-order valence-corrected chi connectivity index (χ4v) is 4.03. The number of ether oxygens (including phenoxy) is 2. The number of methoxy groups -OCH3 is 1. The summed E-state index contributed by atoms with van der Waals surface area (Å²) < 4.78 is 23.3. The number of carbonyl (C=O) groups excluding carboxylic acids is 2. The monoisotopic (exact) mass is 426 g/mol. The van der Waals surface area contributed by atoms with E-state index in [2.05, 4.69) is 4.98 Å². The first-order chi connectivity index (χ1) is 14.5. The molecule has 6 nitrogen and oxygen atoms in total. The third-order valence-corrected chi connectivity index (χ3v) is 5.68. The predicted octanol–water partition coefficient (Wildman–Crippen LogP) is 3.78. The largest absolute Gasteiger partial charge is 0.486 e. The van der Waals surface area contributed by atoms with E-state index in [1.165, 1.54) is 30.6 Å². The normalized spacial score (nSPS) is 12.5. The lowest BCUT2D eigenvalue weighted by Crippen LogP contribution is -2.30. The molecule has 1 aliphatic heterocycles. The van der Waals surface area contributed by atoms with Crippen molar-refractivity contribution in [2.75, 3.05) is 18.6 Å². The van der Waals surface area contributed by atoms with E-state index in [0.717, 1.165) is 16.3 Å². The van der Waals surface area contributed by atoms with E-state index in [0.29, 0.717) is 30.0 Å². The Morgan fingerprint density at radius 3 is 2.77 bits per heavy atom. The van der Waals surface area contributed by atoms with Gasteiger partial charge in [-0.2, -0.15) is 0 Å². The molecular weight excluding hydrogens is 407 g/mol. The van der Waals surface area contributed by atoms with E-state index >= 15 is 0 Å². The van der Waals surface area contributed by atoms with E-state index in [4.69, 9.17) is 9.47 Å². The number of hydrogen-bond donors (Lipinski definition) is 0. The van der Waals surface area contributed by atoms with Crippen LogP contribution in [-0.4, -0.2) is 30.5 Å². The van der Waals surface area contributed by atoms with E-state index in [1.807, 2.05) is 5.38 Å². The molecule has 2 aromatic carbocycles. The lowest BCUT2D eigenvalue weighted by atomic mass is 10.1. The van der Waals surface area contributed by atoms with Crippen molar-refractivity contribution < 1.29 is 23.5 Å². The van der Waals surface area contributed by atoms with Gasteiger partial charge >= 0.3 is 5.97 Å². The maximum Gasteiger partial charge on any atom is 0.337 e. The van der Waals surface area contributed by atoms with Crippen molar-refractivity contribution in [2.45, 2.75) is 19.4 Å².